The highest BCUT2D eigenvalue weighted by atomic mass is 32.2. The summed E-state index contributed by atoms with van der Waals surface area (Å²) in [6.45, 7) is 4.41. The van der Waals surface area contributed by atoms with E-state index in [9.17, 15) is 9.90 Å². The Labute approximate surface area is 234 Å². The fourth-order valence-electron chi connectivity index (χ4n) is 5.04. The number of anilines is 3. The van der Waals surface area contributed by atoms with Crippen molar-refractivity contribution < 1.29 is 14.6 Å². The number of nitrogens with zero attached hydrogens (tertiary/aromatic N) is 3. The lowest BCUT2D eigenvalue weighted by molar-refractivity contribution is 0.0693. The first-order valence-corrected chi connectivity index (χ1v) is 13.8. The third kappa shape index (κ3) is 6.08. The summed E-state index contributed by atoms with van der Waals surface area (Å²) in [5.74, 6) is -0.576. The first kappa shape index (κ1) is 26.7. The van der Waals surface area contributed by atoms with Gasteiger partial charge in [-0.15, -0.1) is 0 Å². The molecule has 0 unspecified atom stereocenters. The molecule has 2 N–H and O–H groups in total. The fraction of sp³-hybridized carbons (Fsp3) is 0.258. The van der Waals surface area contributed by atoms with Crippen molar-refractivity contribution in [3.63, 3.8) is 0 Å². The van der Waals surface area contributed by atoms with Gasteiger partial charge in [0.2, 0.25) is 0 Å². The maximum absolute atomic E-state index is 11.5. The van der Waals surface area contributed by atoms with Gasteiger partial charge in [0.1, 0.15) is 11.3 Å². The summed E-state index contributed by atoms with van der Waals surface area (Å²) in [6.07, 6.45) is 0. The number of aromatic carboxylic acids is 1. The van der Waals surface area contributed by atoms with Crippen LogP contribution in [-0.2, 0) is 6.54 Å². The van der Waals surface area contributed by atoms with E-state index in [0.717, 1.165) is 44.0 Å². The van der Waals surface area contributed by atoms with Gasteiger partial charge in [-0.3, -0.25) is 4.90 Å². The molecule has 8 heteroatoms. The minimum atomic E-state index is -0.967. The van der Waals surface area contributed by atoms with Crippen molar-refractivity contribution >= 4 is 45.8 Å². The van der Waals surface area contributed by atoms with Gasteiger partial charge >= 0.3 is 5.97 Å². The maximum Gasteiger partial charge on any atom is 0.339 e. The van der Waals surface area contributed by atoms with E-state index in [0.29, 0.717) is 5.75 Å². The highest BCUT2D eigenvalue weighted by Crippen LogP contribution is 2.34. The average Bonchev–Trinajstić information content (AvgIpc) is 2.96. The molecule has 7 nitrogen and oxygen atoms in total. The van der Waals surface area contributed by atoms with Crippen LogP contribution in [0.25, 0.3) is 10.8 Å². The standard InChI is InChI=1S/C31H34N4O3S/c1-33(2)28-8-4-7-26-25(28)6-5-9-30(26)39-32-23-11-13-24(14-12-23)35-18-16-34(17-19-35)21-22-10-15-29(38-3)27(20-22)31(36)37/h4-15,20,32H,16-19,21H2,1-3H3,(H,36,37). The zero-order valence-electron chi connectivity index (χ0n) is 22.6. The van der Waals surface area contributed by atoms with E-state index in [1.54, 1.807) is 24.1 Å². The van der Waals surface area contributed by atoms with Crippen molar-refractivity contribution in [2.75, 3.05) is 61.9 Å². The number of methoxy groups -OCH3 is 1. The first-order chi connectivity index (χ1) is 18.9. The van der Waals surface area contributed by atoms with E-state index < -0.39 is 5.97 Å². The molecular weight excluding hydrogens is 508 g/mol. The molecule has 1 aliphatic rings. The molecule has 4 aromatic carbocycles. The molecule has 0 aromatic heterocycles. The van der Waals surface area contributed by atoms with Gasteiger partial charge in [0.05, 0.1) is 7.11 Å². The Hall–Kier alpha value is -3.88. The Bertz CT molecular complexity index is 1450. The number of hydrogen-bond donors (Lipinski definition) is 2. The number of carboxylic acids is 1. The zero-order valence-corrected chi connectivity index (χ0v) is 23.4. The summed E-state index contributed by atoms with van der Waals surface area (Å²) in [6, 6.07) is 26.9. The summed E-state index contributed by atoms with van der Waals surface area (Å²) >= 11 is 1.64. The van der Waals surface area contributed by atoms with Crippen molar-refractivity contribution in [1.82, 2.24) is 4.90 Å². The van der Waals surface area contributed by atoms with Gasteiger partial charge < -0.3 is 24.4 Å². The number of nitrogens with one attached hydrogen (secondary N) is 1. The second kappa shape index (κ2) is 11.9. The molecule has 0 spiro atoms. The van der Waals surface area contributed by atoms with E-state index in [1.165, 1.54) is 34.2 Å². The number of hydrogen-bond acceptors (Lipinski definition) is 7. The Kier molecular flexibility index (Phi) is 8.14. The molecule has 5 rings (SSSR count). The van der Waals surface area contributed by atoms with Crippen molar-refractivity contribution in [2.24, 2.45) is 0 Å². The Balaban J connectivity index is 1.17. The second-order valence-corrected chi connectivity index (χ2v) is 10.7. The molecule has 1 aliphatic heterocycles. The predicted octanol–water partition coefficient (Wildman–Crippen LogP) is 6.05. The fourth-order valence-corrected chi connectivity index (χ4v) is 5.84. The van der Waals surface area contributed by atoms with E-state index in [-0.39, 0.29) is 5.56 Å². The predicted molar refractivity (Wildman–Crippen MR) is 162 cm³/mol. The summed E-state index contributed by atoms with van der Waals surface area (Å²) < 4.78 is 8.69. The molecule has 0 bridgehead atoms. The molecule has 4 aromatic rings. The number of benzene rings is 4. The number of rotatable bonds is 9. The molecule has 0 atom stereocenters. The monoisotopic (exact) mass is 542 g/mol. The maximum atomic E-state index is 11.5. The molecular formula is C31H34N4O3S. The van der Waals surface area contributed by atoms with E-state index in [4.69, 9.17) is 4.74 Å². The minimum absolute atomic E-state index is 0.208. The Morgan fingerprint density at radius 2 is 1.67 bits per heavy atom. The zero-order chi connectivity index (χ0) is 27.4. The van der Waals surface area contributed by atoms with Gasteiger partial charge in [-0.1, -0.05) is 30.3 Å². The van der Waals surface area contributed by atoms with Gasteiger partial charge in [0.15, 0.2) is 0 Å². The van der Waals surface area contributed by atoms with Crippen molar-refractivity contribution in [3.05, 3.63) is 90.0 Å². The van der Waals surface area contributed by atoms with Crippen LogP contribution >= 0.6 is 11.9 Å². The quantitative estimate of drug-likeness (QED) is 0.248. The summed E-state index contributed by atoms with van der Waals surface area (Å²) in [5, 5.41) is 12.0. The summed E-state index contributed by atoms with van der Waals surface area (Å²) in [4.78, 5) is 19.7. The molecule has 202 valence electrons. The molecule has 39 heavy (non-hydrogen) atoms. The van der Waals surface area contributed by atoms with Gasteiger partial charge in [0, 0.05) is 74.2 Å². The topological polar surface area (TPSA) is 68.3 Å². The molecule has 0 amide bonds. The van der Waals surface area contributed by atoms with Gasteiger partial charge in [-0.25, -0.2) is 4.79 Å². The summed E-state index contributed by atoms with van der Waals surface area (Å²) in [7, 11) is 5.64. The van der Waals surface area contributed by atoms with Crippen LogP contribution in [0, 0.1) is 0 Å². The van der Waals surface area contributed by atoms with Crippen molar-refractivity contribution in [3.8, 4) is 5.75 Å². The lowest BCUT2D eigenvalue weighted by atomic mass is 10.1. The first-order valence-electron chi connectivity index (χ1n) is 13.0. The van der Waals surface area contributed by atoms with Crippen LogP contribution < -0.4 is 19.3 Å². The van der Waals surface area contributed by atoms with Crippen LogP contribution in [0.5, 0.6) is 5.75 Å². The van der Waals surface area contributed by atoms with E-state index >= 15 is 0 Å². The lowest BCUT2D eigenvalue weighted by Gasteiger charge is -2.36. The van der Waals surface area contributed by atoms with Crippen molar-refractivity contribution in [2.45, 2.75) is 11.4 Å². The van der Waals surface area contributed by atoms with E-state index in [1.807, 2.05) is 6.07 Å². The third-order valence-corrected chi connectivity index (χ3v) is 8.04. The van der Waals surface area contributed by atoms with Crippen molar-refractivity contribution in [1.29, 1.82) is 0 Å². The van der Waals surface area contributed by atoms with Crippen LogP contribution in [0.4, 0.5) is 17.1 Å². The van der Waals surface area contributed by atoms with Crippen LogP contribution in [0.1, 0.15) is 15.9 Å². The lowest BCUT2D eigenvalue weighted by Crippen LogP contribution is -2.45. The van der Waals surface area contributed by atoms with Gasteiger partial charge in [-0.2, -0.15) is 0 Å². The normalized spacial score (nSPS) is 13.9. The van der Waals surface area contributed by atoms with Gasteiger partial charge in [0.25, 0.3) is 0 Å². The number of piperazine rings is 1. The number of carbonyl (C=O) groups is 1. The number of fused-ring (bicyclic) bond motifs is 1. The highest BCUT2D eigenvalue weighted by Gasteiger charge is 2.19. The van der Waals surface area contributed by atoms with Gasteiger partial charge in [-0.05, 0) is 71.4 Å². The molecule has 1 saturated heterocycles. The summed E-state index contributed by atoms with van der Waals surface area (Å²) in [5.41, 5.74) is 4.69. The molecule has 0 aliphatic carbocycles. The number of ether oxygens (including phenoxy) is 1. The molecule has 1 heterocycles. The van der Waals surface area contributed by atoms with Crippen LogP contribution in [-0.4, -0.2) is 63.4 Å². The van der Waals surface area contributed by atoms with E-state index in [2.05, 4.69) is 94.2 Å². The highest BCUT2D eigenvalue weighted by molar-refractivity contribution is 8.00. The SMILES string of the molecule is COc1ccc(CN2CCN(c3ccc(NSc4cccc5c(N(C)C)cccc45)cc3)CC2)cc1C(=O)O. The molecule has 0 saturated carbocycles. The Morgan fingerprint density at radius 3 is 2.36 bits per heavy atom. The third-order valence-electron chi connectivity index (χ3n) is 7.12. The molecule has 1 fully saturated rings. The minimum Gasteiger partial charge on any atom is -0.496 e. The average molecular weight is 543 g/mol. The van der Waals surface area contributed by atoms with Crippen LogP contribution in [0.15, 0.2) is 83.8 Å². The largest absolute Gasteiger partial charge is 0.496 e. The smallest absolute Gasteiger partial charge is 0.339 e. The Morgan fingerprint density at radius 1 is 0.949 bits per heavy atom. The van der Waals surface area contributed by atoms with Crippen LogP contribution in [0.3, 0.4) is 0 Å². The number of carboxylic acid groups (broad SMARTS) is 1. The molecule has 0 radical (unpaired) electrons. The van der Waals surface area contributed by atoms with Crippen LogP contribution in [0.2, 0.25) is 0 Å². The second-order valence-electron chi connectivity index (χ2n) is 9.88.